The Labute approximate surface area is 156 Å². The van der Waals surface area contributed by atoms with Crippen molar-refractivity contribution < 1.29 is 9.72 Å². The van der Waals surface area contributed by atoms with Crippen LogP contribution in [0.4, 0.5) is 16.2 Å². The molecule has 4 rings (SSSR count). The zero-order valence-corrected chi connectivity index (χ0v) is 15.0. The topological polar surface area (TPSA) is 106 Å². The van der Waals surface area contributed by atoms with Gasteiger partial charge in [-0.3, -0.25) is 10.1 Å². The van der Waals surface area contributed by atoms with Gasteiger partial charge in [0.25, 0.3) is 5.69 Å². The van der Waals surface area contributed by atoms with Gasteiger partial charge in [-0.25, -0.2) is 4.79 Å². The smallest absolute Gasteiger partial charge is 0.314 e. The maximum Gasteiger partial charge on any atom is 0.322 e. The lowest BCUT2D eigenvalue weighted by Gasteiger charge is -2.25. The quantitative estimate of drug-likeness (QED) is 0.659. The summed E-state index contributed by atoms with van der Waals surface area (Å²) in [6.45, 7) is 1.57. The van der Waals surface area contributed by atoms with Crippen LogP contribution in [-0.2, 0) is 13.0 Å². The van der Waals surface area contributed by atoms with Crippen molar-refractivity contribution >= 4 is 17.4 Å². The Morgan fingerprint density at radius 3 is 2.70 bits per heavy atom. The van der Waals surface area contributed by atoms with Crippen molar-refractivity contribution in [3.63, 3.8) is 0 Å². The van der Waals surface area contributed by atoms with Gasteiger partial charge in [-0.1, -0.05) is 6.42 Å². The number of likely N-dealkylation sites (tertiary alicyclic amines) is 1. The number of anilines is 1. The van der Waals surface area contributed by atoms with Crippen molar-refractivity contribution in [1.29, 1.82) is 0 Å². The molecule has 1 atom stereocenters. The Morgan fingerprint density at radius 1 is 1.11 bits per heavy atom. The lowest BCUT2D eigenvalue weighted by Crippen LogP contribution is -2.35. The van der Waals surface area contributed by atoms with Gasteiger partial charge in [-0.05, 0) is 37.8 Å². The second-order valence-electron chi connectivity index (χ2n) is 7.02. The molecular weight excluding hydrogens is 348 g/mol. The Bertz CT molecular complexity index is 847. The van der Waals surface area contributed by atoms with Gasteiger partial charge in [0.2, 0.25) is 0 Å². The molecule has 0 radical (unpaired) electrons. The molecule has 2 amide bonds. The van der Waals surface area contributed by atoms with E-state index in [0.717, 1.165) is 50.3 Å². The van der Waals surface area contributed by atoms with Crippen LogP contribution in [0, 0.1) is 10.1 Å². The summed E-state index contributed by atoms with van der Waals surface area (Å²) in [7, 11) is 0. The van der Waals surface area contributed by atoms with Gasteiger partial charge in [-0.2, -0.15) is 0 Å². The minimum absolute atomic E-state index is 0.00167. The number of carbonyl (C=O) groups excluding carboxylic acids is 1. The first-order valence-corrected chi connectivity index (χ1v) is 9.37. The van der Waals surface area contributed by atoms with E-state index in [0.29, 0.717) is 12.2 Å². The standard InChI is InChI=1S/C18H22N6O3/c25-18(19-13-7-9-14(10-8-13)24(26)27)22-12-4-5-15(22)17-21-20-16-6-2-1-3-11-23(16)17/h7-10,15H,1-6,11-12H2,(H,19,25). The first-order chi connectivity index (χ1) is 13.1. The summed E-state index contributed by atoms with van der Waals surface area (Å²) in [6, 6.07) is 5.57. The molecule has 9 heteroatoms. The molecule has 1 N–H and O–H groups in total. The zero-order chi connectivity index (χ0) is 18.8. The summed E-state index contributed by atoms with van der Waals surface area (Å²) in [5, 5.41) is 22.4. The summed E-state index contributed by atoms with van der Waals surface area (Å²) in [5.41, 5.74) is 0.537. The maximum atomic E-state index is 12.8. The number of rotatable bonds is 3. The molecule has 1 saturated heterocycles. The average molecular weight is 370 g/mol. The Balaban J connectivity index is 1.50. The number of non-ortho nitro benzene ring substituents is 1. The first kappa shape index (κ1) is 17.4. The molecule has 2 aliphatic rings. The highest BCUT2D eigenvalue weighted by Crippen LogP contribution is 2.33. The monoisotopic (exact) mass is 370 g/mol. The van der Waals surface area contributed by atoms with Crippen LogP contribution in [0.1, 0.15) is 49.8 Å². The number of nitrogens with one attached hydrogen (secondary N) is 1. The molecule has 3 heterocycles. The zero-order valence-electron chi connectivity index (χ0n) is 15.0. The Kier molecular flexibility index (Phi) is 4.74. The van der Waals surface area contributed by atoms with Gasteiger partial charge in [0.15, 0.2) is 5.82 Å². The van der Waals surface area contributed by atoms with Gasteiger partial charge >= 0.3 is 6.03 Å². The number of nitro benzene ring substituents is 1. The Hall–Kier alpha value is -2.97. The number of nitrogens with zero attached hydrogens (tertiary/aromatic N) is 5. The normalized spacial score (nSPS) is 19.4. The van der Waals surface area contributed by atoms with Crippen molar-refractivity contribution in [1.82, 2.24) is 19.7 Å². The molecular formula is C18H22N6O3. The van der Waals surface area contributed by atoms with Crippen molar-refractivity contribution in [3.05, 3.63) is 46.0 Å². The first-order valence-electron chi connectivity index (χ1n) is 9.37. The fourth-order valence-electron chi connectivity index (χ4n) is 3.89. The van der Waals surface area contributed by atoms with E-state index in [1.807, 2.05) is 0 Å². The van der Waals surface area contributed by atoms with Gasteiger partial charge in [0.05, 0.1) is 11.0 Å². The van der Waals surface area contributed by atoms with E-state index in [9.17, 15) is 14.9 Å². The number of aromatic nitrogens is 3. The van der Waals surface area contributed by atoms with Crippen molar-refractivity contribution in [3.8, 4) is 0 Å². The van der Waals surface area contributed by atoms with Crippen LogP contribution in [0.5, 0.6) is 0 Å². The van der Waals surface area contributed by atoms with Crippen LogP contribution in [0.25, 0.3) is 0 Å². The molecule has 27 heavy (non-hydrogen) atoms. The second kappa shape index (κ2) is 7.34. The van der Waals surface area contributed by atoms with Crippen LogP contribution in [0.3, 0.4) is 0 Å². The molecule has 1 aromatic carbocycles. The van der Waals surface area contributed by atoms with E-state index >= 15 is 0 Å². The molecule has 0 bridgehead atoms. The van der Waals surface area contributed by atoms with E-state index in [1.54, 1.807) is 17.0 Å². The highest BCUT2D eigenvalue weighted by molar-refractivity contribution is 5.89. The second-order valence-corrected chi connectivity index (χ2v) is 7.02. The van der Waals surface area contributed by atoms with E-state index < -0.39 is 4.92 Å². The highest BCUT2D eigenvalue weighted by atomic mass is 16.6. The molecule has 2 aliphatic heterocycles. The lowest BCUT2D eigenvalue weighted by atomic mass is 10.2. The largest absolute Gasteiger partial charge is 0.322 e. The maximum absolute atomic E-state index is 12.8. The predicted octanol–water partition coefficient (Wildman–Crippen LogP) is 3.28. The number of aryl methyl sites for hydroxylation is 1. The number of amides is 2. The number of fused-ring (bicyclic) bond motifs is 1. The molecule has 1 unspecified atom stereocenters. The van der Waals surface area contributed by atoms with Crippen LogP contribution >= 0.6 is 0 Å². The molecule has 9 nitrogen and oxygen atoms in total. The highest BCUT2D eigenvalue weighted by Gasteiger charge is 2.34. The van der Waals surface area contributed by atoms with Gasteiger partial charge in [0, 0.05) is 37.3 Å². The number of nitro groups is 1. The fourth-order valence-corrected chi connectivity index (χ4v) is 3.89. The SMILES string of the molecule is O=C(Nc1ccc([N+](=O)[O-])cc1)N1CCCC1c1nnc2n1CCCCC2. The van der Waals surface area contributed by atoms with E-state index in [1.165, 1.54) is 18.6 Å². The van der Waals surface area contributed by atoms with E-state index in [2.05, 4.69) is 20.1 Å². The summed E-state index contributed by atoms with van der Waals surface area (Å²) < 4.78 is 2.19. The number of hydrogen-bond donors (Lipinski definition) is 1. The molecule has 142 valence electrons. The fraction of sp³-hybridized carbons (Fsp3) is 0.500. The summed E-state index contributed by atoms with van der Waals surface area (Å²) in [5.74, 6) is 1.90. The summed E-state index contributed by atoms with van der Waals surface area (Å²) in [4.78, 5) is 24.9. The van der Waals surface area contributed by atoms with Gasteiger partial charge < -0.3 is 14.8 Å². The number of urea groups is 1. The van der Waals surface area contributed by atoms with Crippen molar-refractivity contribution in [2.45, 2.75) is 51.1 Å². The van der Waals surface area contributed by atoms with Crippen LogP contribution in [-0.4, -0.2) is 37.2 Å². The summed E-state index contributed by atoms with van der Waals surface area (Å²) in [6.07, 6.45) is 6.16. The van der Waals surface area contributed by atoms with Crippen molar-refractivity contribution in [2.75, 3.05) is 11.9 Å². The van der Waals surface area contributed by atoms with Crippen LogP contribution < -0.4 is 5.32 Å². The van der Waals surface area contributed by atoms with E-state index in [4.69, 9.17) is 0 Å². The minimum Gasteiger partial charge on any atom is -0.314 e. The lowest BCUT2D eigenvalue weighted by molar-refractivity contribution is -0.384. The van der Waals surface area contributed by atoms with E-state index in [-0.39, 0.29) is 17.8 Å². The summed E-state index contributed by atoms with van der Waals surface area (Å²) >= 11 is 0. The van der Waals surface area contributed by atoms with Crippen LogP contribution in [0.2, 0.25) is 0 Å². The number of benzene rings is 1. The van der Waals surface area contributed by atoms with Gasteiger partial charge in [0.1, 0.15) is 5.82 Å². The molecule has 0 aliphatic carbocycles. The van der Waals surface area contributed by atoms with Crippen LogP contribution in [0.15, 0.2) is 24.3 Å². The molecule has 1 fully saturated rings. The average Bonchev–Trinajstić information content (AvgIpc) is 3.23. The third kappa shape index (κ3) is 3.49. The molecule has 1 aromatic heterocycles. The third-order valence-electron chi connectivity index (χ3n) is 5.28. The van der Waals surface area contributed by atoms with Crippen molar-refractivity contribution in [2.24, 2.45) is 0 Å². The molecule has 2 aromatic rings. The number of hydrogen-bond acceptors (Lipinski definition) is 5. The predicted molar refractivity (Wildman–Crippen MR) is 98.4 cm³/mol. The van der Waals surface area contributed by atoms with Gasteiger partial charge in [-0.15, -0.1) is 10.2 Å². The third-order valence-corrected chi connectivity index (χ3v) is 5.28. The molecule has 0 spiro atoms. The molecule has 0 saturated carbocycles. The Morgan fingerprint density at radius 2 is 1.93 bits per heavy atom. The minimum atomic E-state index is -0.459. The number of carbonyl (C=O) groups is 1.